The van der Waals surface area contributed by atoms with E-state index in [1.54, 1.807) is 11.3 Å². The van der Waals surface area contributed by atoms with Gasteiger partial charge >= 0.3 is 0 Å². The highest BCUT2D eigenvalue weighted by molar-refractivity contribution is 7.11. The van der Waals surface area contributed by atoms with Gasteiger partial charge in [-0.15, -0.1) is 11.3 Å². The van der Waals surface area contributed by atoms with Crippen molar-refractivity contribution in [2.45, 2.75) is 53.6 Å². The Morgan fingerprint density at radius 3 is 2.63 bits per heavy atom. The van der Waals surface area contributed by atoms with Crippen molar-refractivity contribution in [3.63, 3.8) is 0 Å². The number of amides is 1. The van der Waals surface area contributed by atoms with Gasteiger partial charge in [-0.05, 0) is 12.8 Å². The van der Waals surface area contributed by atoms with E-state index in [-0.39, 0.29) is 17.9 Å². The number of carbonyl (C=O) groups excluding carboxylic acids is 1. The zero-order valence-corrected chi connectivity index (χ0v) is 13.4. The van der Waals surface area contributed by atoms with Crippen molar-refractivity contribution >= 4 is 17.2 Å². The van der Waals surface area contributed by atoms with Crippen molar-refractivity contribution in [1.82, 2.24) is 9.88 Å². The van der Waals surface area contributed by atoms with Crippen molar-refractivity contribution in [2.24, 2.45) is 11.7 Å². The van der Waals surface area contributed by atoms with E-state index in [9.17, 15) is 4.79 Å². The Hall–Kier alpha value is -0.940. The second-order valence-electron chi connectivity index (χ2n) is 4.88. The van der Waals surface area contributed by atoms with Crippen LogP contribution in [0.1, 0.15) is 43.3 Å². The molecule has 19 heavy (non-hydrogen) atoms. The number of thiazole rings is 1. The van der Waals surface area contributed by atoms with Crippen LogP contribution >= 0.6 is 11.3 Å². The molecule has 0 spiro atoms. The Labute approximate surface area is 120 Å². The molecule has 108 valence electrons. The number of hydrogen-bond acceptors (Lipinski definition) is 4. The smallest absolute Gasteiger partial charge is 0.240 e. The summed E-state index contributed by atoms with van der Waals surface area (Å²) in [5.41, 5.74) is 7.07. The van der Waals surface area contributed by atoms with Gasteiger partial charge in [-0.1, -0.05) is 27.7 Å². The lowest BCUT2D eigenvalue weighted by molar-refractivity contribution is -0.134. The molecule has 1 unspecified atom stereocenters. The molecule has 1 aliphatic rings. The van der Waals surface area contributed by atoms with Crippen molar-refractivity contribution in [2.75, 3.05) is 6.54 Å². The van der Waals surface area contributed by atoms with E-state index >= 15 is 0 Å². The highest BCUT2D eigenvalue weighted by Gasteiger charge is 2.28. The van der Waals surface area contributed by atoms with Crippen molar-refractivity contribution in [1.29, 1.82) is 0 Å². The van der Waals surface area contributed by atoms with Crippen molar-refractivity contribution in [3.05, 3.63) is 15.6 Å². The summed E-state index contributed by atoms with van der Waals surface area (Å²) in [4.78, 5) is 19.7. The summed E-state index contributed by atoms with van der Waals surface area (Å²) in [5.74, 6) is 0.254. The van der Waals surface area contributed by atoms with Crippen molar-refractivity contribution in [3.8, 4) is 0 Å². The molecule has 4 nitrogen and oxygen atoms in total. The summed E-state index contributed by atoms with van der Waals surface area (Å²) >= 11 is 1.69. The Bertz CT molecular complexity index is 428. The summed E-state index contributed by atoms with van der Waals surface area (Å²) in [6.45, 7) is 11.4. The van der Waals surface area contributed by atoms with E-state index in [0.29, 0.717) is 6.54 Å². The molecule has 0 fully saturated rings. The van der Waals surface area contributed by atoms with Crippen molar-refractivity contribution < 1.29 is 4.79 Å². The minimum absolute atomic E-state index is 0.0664. The molecule has 2 N–H and O–H groups in total. The Morgan fingerprint density at radius 2 is 2.05 bits per heavy atom. The maximum atomic E-state index is 12.1. The fraction of sp³-hybridized carbons (Fsp3) is 0.714. The molecule has 1 aromatic heterocycles. The third kappa shape index (κ3) is 3.76. The summed E-state index contributed by atoms with van der Waals surface area (Å²) in [7, 11) is 0. The van der Waals surface area contributed by atoms with Gasteiger partial charge in [-0.3, -0.25) is 4.79 Å². The van der Waals surface area contributed by atoms with Crippen LogP contribution in [0.5, 0.6) is 0 Å². The Balaban J connectivity index is 0.000000861. The van der Waals surface area contributed by atoms with Crippen LogP contribution in [0.4, 0.5) is 0 Å². The van der Waals surface area contributed by atoms with Crippen LogP contribution in [0.2, 0.25) is 0 Å². The first-order valence-electron chi connectivity index (χ1n) is 6.98. The molecule has 1 aromatic rings. The maximum Gasteiger partial charge on any atom is 0.240 e. The maximum absolute atomic E-state index is 12.1. The van der Waals surface area contributed by atoms with E-state index in [1.165, 1.54) is 4.88 Å². The fourth-order valence-electron chi connectivity index (χ4n) is 2.01. The highest BCUT2D eigenvalue weighted by atomic mass is 32.1. The molecule has 0 aromatic carbocycles. The number of fused-ring (bicyclic) bond motifs is 1. The molecule has 2 rings (SSSR count). The second-order valence-corrected chi connectivity index (χ2v) is 6.17. The lowest BCUT2D eigenvalue weighted by atomic mass is 10.0. The van der Waals surface area contributed by atoms with E-state index in [4.69, 9.17) is 5.73 Å². The van der Waals surface area contributed by atoms with E-state index in [0.717, 1.165) is 23.7 Å². The summed E-state index contributed by atoms with van der Waals surface area (Å²) < 4.78 is 0. The van der Waals surface area contributed by atoms with E-state index < -0.39 is 0 Å². The number of rotatable bonds is 2. The molecular formula is C14H25N3OS. The molecule has 1 amide bonds. The molecule has 0 radical (unpaired) electrons. The third-order valence-corrected chi connectivity index (χ3v) is 4.15. The summed E-state index contributed by atoms with van der Waals surface area (Å²) in [6.07, 6.45) is 0.857. The number of hydrogen-bond donors (Lipinski definition) is 1. The average molecular weight is 283 g/mol. The lowest BCUT2D eigenvalue weighted by Gasteiger charge is -2.29. The number of carbonyl (C=O) groups is 1. The number of nitrogens with two attached hydrogens (primary N) is 1. The molecule has 0 aliphatic carbocycles. The van der Waals surface area contributed by atoms with Gasteiger partial charge in [0.05, 0.1) is 23.3 Å². The Morgan fingerprint density at radius 1 is 1.42 bits per heavy atom. The number of aromatic nitrogens is 1. The Kier molecular flexibility index (Phi) is 5.94. The molecule has 0 saturated heterocycles. The zero-order chi connectivity index (χ0) is 14.6. The normalized spacial score (nSPS) is 15.6. The van der Waals surface area contributed by atoms with Crippen LogP contribution < -0.4 is 5.73 Å². The second kappa shape index (κ2) is 7.01. The topological polar surface area (TPSA) is 59.2 Å². The molecular weight excluding hydrogens is 258 g/mol. The van der Waals surface area contributed by atoms with Gasteiger partial charge in [0.1, 0.15) is 0 Å². The largest absolute Gasteiger partial charge is 0.336 e. The van der Waals surface area contributed by atoms with E-state index in [1.807, 2.05) is 39.5 Å². The predicted octanol–water partition coefficient (Wildman–Crippen LogP) is 2.35. The van der Waals surface area contributed by atoms with Gasteiger partial charge in [-0.25, -0.2) is 4.98 Å². The third-order valence-electron chi connectivity index (χ3n) is 3.15. The lowest BCUT2D eigenvalue weighted by Crippen LogP contribution is -2.47. The first-order chi connectivity index (χ1) is 8.99. The summed E-state index contributed by atoms with van der Waals surface area (Å²) in [6, 6.07) is -0.384. The quantitative estimate of drug-likeness (QED) is 0.906. The molecule has 1 atom stereocenters. The number of nitrogens with zero attached hydrogens (tertiary/aromatic N) is 2. The minimum Gasteiger partial charge on any atom is -0.336 e. The highest BCUT2D eigenvalue weighted by Crippen LogP contribution is 2.25. The predicted molar refractivity (Wildman–Crippen MR) is 80.1 cm³/mol. The van der Waals surface area contributed by atoms with Crippen LogP contribution in [0.3, 0.4) is 0 Å². The molecule has 1 aliphatic heterocycles. The van der Waals surface area contributed by atoms with Crippen LogP contribution in [-0.2, 0) is 17.8 Å². The van der Waals surface area contributed by atoms with Gasteiger partial charge in [0, 0.05) is 17.8 Å². The van der Waals surface area contributed by atoms with Crippen LogP contribution in [0.15, 0.2) is 0 Å². The molecule has 5 heteroatoms. The van der Waals surface area contributed by atoms with Gasteiger partial charge in [0.25, 0.3) is 0 Å². The zero-order valence-electron chi connectivity index (χ0n) is 12.6. The van der Waals surface area contributed by atoms with Gasteiger partial charge < -0.3 is 10.6 Å². The van der Waals surface area contributed by atoms with E-state index in [2.05, 4.69) is 4.98 Å². The van der Waals surface area contributed by atoms with Crippen LogP contribution in [0, 0.1) is 12.8 Å². The number of aryl methyl sites for hydroxylation is 1. The fourth-order valence-corrected chi connectivity index (χ4v) is 3.01. The van der Waals surface area contributed by atoms with Gasteiger partial charge in [0.15, 0.2) is 0 Å². The van der Waals surface area contributed by atoms with Gasteiger partial charge in [0.2, 0.25) is 5.91 Å². The standard InChI is InChI=1S/C12H19N3OS.C2H6/c1-7(2)11(13)12(16)15-5-4-9-10(6-15)17-8(3)14-9;1-2/h7,11H,4-6,13H2,1-3H3;1-2H3. The molecule has 2 heterocycles. The van der Waals surface area contributed by atoms with Gasteiger partial charge in [-0.2, -0.15) is 0 Å². The minimum atomic E-state index is -0.384. The molecule has 0 bridgehead atoms. The van der Waals surface area contributed by atoms with Crippen LogP contribution in [0.25, 0.3) is 0 Å². The first-order valence-corrected chi connectivity index (χ1v) is 7.80. The average Bonchev–Trinajstić information content (AvgIpc) is 2.78. The van der Waals surface area contributed by atoms with Crippen LogP contribution in [-0.4, -0.2) is 28.4 Å². The first kappa shape index (κ1) is 16.1. The SMILES string of the molecule is CC.Cc1nc2c(s1)CN(C(=O)C(N)C(C)C)CC2. The summed E-state index contributed by atoms with van der Waals surface area (Å²) in [5, 5.41) is 1.08. The monoisotopic (exact) mass is 283 g/mol. The molecule has 0 saturated carbocycles.